The number of nitrogens with zero attached hydrogens (tertiary/aromatic N) is 1. The standard InChI is InChI=1S/C11H21NO2/c1-3-9(2)4-12(5-10-7-13-10)6-11-8-14-11/h9-11H,3-8H2,1-2H3/t9-,10?,11?/m1/s1. The molecular weight excluding hydrogens is 178 g/mol. The lowest BCUT2D eigenvalue weighted by molar-refractivity contribution is 0.194. The third-order valence-electron chi connectivity index (χ3n) is 3.00. The van der Waals surface area contributed by atoms with E-state index in [0.29, 0.717) is 12.2 Å². The molecule has 2 aliphatic rings. The second-order valence-electron chi connectivity index (χ2n) is 4.64. The molecule has 3 atom stereocenters. The van der Waals surface area contributed by atoms with E-state index < -0.39 is 0 Å². The van der Waals surface area contributed by atoms with Crippen molar-refractivity contribution in [2.24, 2.45) is 5.92 Å². The second kappa shape index (κ2) is 4.60. The lowest BCUT2D eigenvalue weighted by Crippen LogP contribution is -2.35. The van der Waals surface area contributed by atoms with Crippen molar-refractivity contribution >= 4 is 0 Å². The Morgan fingerprint density at radius 3 is 2.07 bits per heavy atom. The van der Waals surface area contributed by atoms with E-state index in [1.165, 1.54) is 13.0 Å². The first kappa shape index (κ1) is 10.4. The van der Waals surface area contributed by atoms with Crippen LogP contribution >= 0.6 is 0 Å². The summed E-state index contributed by atoms with van der Waals surface area (Å²) in [5.74, 6) is 0.785. The van der Waals surface area contributed by atoms with Gasteiger partial charge in [0.15, 0.2) is 0 Å². The highest BCUT2D eigenvalue weighted by Gasteiger charge is 2.30. The molecule has 0 aromatic heterocycles. The van der Waals surface area contributed by atoms with E-state index in [1.807, 2.05) is 0 Å². The van der Waals surface area contributed by atoms with E-state index in [9.17, 15) is 0 Å². The minimum absolute atomic E-state index is 0.512. The van der Waals surface area contributed by atoms with Gasteiger partial charge >= 0.3 is 0 Å². The van der Waals surface area contributed by atoms with Gasteiger partial charge in [-0.1, -0.05) is 20.3 Å². The van der Waals surface area contributed by atoms with Crippen LogP contribution < -0.4 is 0 Å². The Hall–Kier alpha value is -0.120. The third-order valence-corrected chi connectivity index (χ3v) is 3.00. The Balaban J connectivity index is 1.71. The molecule has 2 rings (SSSR count). The number of hydrogen-bond acceptors (Lipinski definition) is 3. The van der Waals surface area contributed by atoms with Gasteiger partial charge in [0.05, 0.1) is 25.4 Å². The van der Waals surface area contributed by atoms with E-state index in [2.05, 4.69) is 18.7 Å². The summed E-state index contributed by atoms with van der Waals surface area (Å²) < 4.78 is 10.5. The fourth-order valence-corrected chi connectivity index (χ4v) is 1.72. The minimum Gasteiger partial charge on any atom is -0.372 e. The molecule has 14 heavy (non-hydrogen) atoms. The smallest absolute Gasteiger partial charge is 0.0936 e. The molecule has 0 aromatic rings. The van der Waals surface area contributed by atoms with Gasteiger partial charge in [-0.25, -0.2) is 0 Å². The lowest BCUT2D eigenvalue weighted by atomic mass is 10.1. The van der Waals surface area contributed by atoms with Crippen LogP contribution in [0.15, 0.2) is 0 Å². The van der Waals surface area contributed by atoms with Crippen LogP contribution in [-0.2, 0) is 9.47 Å². The highest BCUT2D eigenvalue weighted by Crippen LogP contribution is 2.17. The number of hydrogen-bond donors (Lipinski definition) is 0. The molecule has 2 heterocycles. The van der Waals surface area contributed by atoms with Crippen LogP contribution in [0.4, 0.5) is 0 Å². The molecule has 0 bridgehead atoms. The maximum Gasteiger partial charge on any atom is 0.0936 e. The van der Waals surface area contributed by atoms with Crippen LogP contribution in [0.3, 0.4) is 0 Å². The molecular formula is C11H21NO2. The zero-order valence-corrected chi connectivity index (χ0v) is 9.24. The number of rotatable bonds is 7. The molecule has 3 heteroatoms. The molecule has 0 saturated carbocycles. The summed E-state index contributed by atoms with van der Waals surface area (Å²) in [6.07, 6.45) is 2.28. The van der Waals surface area contributed by atoms with Crippen LogP contribution in [0.1, 0.15) is 20.3 Å². The van der Waals surface area contributed by atoms with Crippen LogP contribution in [0.25, 0.3) is 0 Å². The van der Waals surface area contributed by atoms with Crippen molar-refractivity contribution in [3.63, 3.8) is 0 Å². The van der Waals surface area contributed by atoms with E-state index in [4.69, 9.17) is 9.47 Å². The quantitative estimate of drug-likeness (QED) is 0.575. The number of epoxide rings is 2. The summed E-state index contributed by atoms with van der Waals surface area (Å²) in [6, 6.07) is 0. The molecule has 2 fully saturated rings. The summed E-state index contributed by atoms with van der Waals surface area (Å²) in [6.45, 7) is 9.88. The predicted octanol–water partition coefficient (Wildman–Crippen LogP) is 1.13. The molecule has 2 aliphatic heterocycles. The van der Waals surface area contributed by atoms with Crippen molar-refractivity contribution in [1.29, 1.82) is 0 Å². The largest absolute Gasteiger partial charge is 0.372 e. The molecule has 0 aliphatic carbocycles. The summed E-state index contributed by atoms with van der Waals surface area (Å²) in [4.78, 5) is 2.50. The van der Waals surface area contributed by atoms with Crippen LogP contribution in [0.5, 0.6) is 0 Å². The first-order valence-corrected chi connectivity index (χ1v) is 5.73. The van der Waals surface area contributed by atoms with Crippen molar-refractivity contribution in [2.45, 2.75) is 32.5 Å². The Morgan fingerprint density at radius 2 is 1.71 bits per heavy atom. The van der Waals surface area contributed by atoms with Gasteiger partial charge in [0.1, 0.15) is 0 Å². The van der Waals surface area contributed by atoms with Crippen molar-refractivity contribution < 1.29 is 9.47 Å². The predicted molar refractivity (Wildman–Crippen MR) is 55.4 cm³/mol. The monoisotopic (exact) mass is 199 g/mol. The Morgan fingerprint density at radius 1 is 1.21 bits per heavy atom. The third kappa shape index (κ3) is 3.56. The van der Waals surface area contributed by atoms with Crippen LogP contribution in [0, 0.1) is 5.92 Å². The molecule has 0 spiro atoms. The van der Waals surface area contributed by atoms with E-state index >= 15 is 0 Å². The maximum atomic E-state index is 5.27. The topological polar surface area (TPSA) is 28.3 Å². The first-order valence-electron chi connectivity index (χ1n) is 5.73. The average molecular weight is 199 g/mol. The first-order chi connectivity index (χ1) is 6.78. The zero-order valence-electron chi connectivity index (χ0n) is 9.24. The van der Waals surface area contributed by atoms with Gasteiger partial charge in [0, 0.05) is 19.6 Å². The van der Waals surface area contributed by atoms with E-state index in [1.54, 1.807) is 0 Å². The van der Waals surface area contributed by atoms with E-state index in [0.717, 1.165) is 32.2 Å². The highest BCUT2D eigenvalue weighted by molar-refractivity contribution is 4.80. The zero-order chi connectivity index (χ0) is 9.97. The van der Waals surface area contributed by atoms with Crippen molar-refractivity contribution in [3.05, 3.63) is 0 Å². The van der Waals surface area contributed by atoms with Gasteiger partial charge in [-0.2, -0.15) is 0 Å². The van der Waals surface area contributed by atoms with E-state index in [-0.39, 0.29) is 0 Å². The van der Waals surface area contributed by atoms with Gasteiger partial charge in [-0.15, -0.1) is 0 Å². The normalized spacial score (nSPS) is 31.9. The Labute approximate surface area is 86.4 Å². The molecule has 3 nitrogen and oxygen atoms in total. The van der Waals surface area contributed by atoms with Crippen molar-refractivity contribution in [3.8, 4) is 0 Å². The van der Waals surface area contributed by atoms with Gasteiger partial charge < -0.3 is 9.47 Å². The van der Waals surface area contributed by atoms with Crippen molar-refractivity contribution in [2.75, 3.05) is 32.8 Å². The summed E-state index contributed by atoms with van der Waals surface area (Å²) in [7, 11) is 0. The molecule has 82 valence electrons. The van der Waals surface area contributed by atoms with Gasteiger partial charge in [0.25, 0.3) is 0 Å². The van der Waals surface area contributed by atoms with Crippen LogP contribution in [-0.4, -0.2) is 50.0 Å². The van der Waals surface area contributed by atoms with Gasteiger partial charge in [-0.3, -0.25) is 4.90 Å². The van der Waals surface area contributed by atoms with Gasteiger partial charge in [0.2, 0.25) is 0 Å². The molecule has 2 saturated heterocycles. The Kier molecular flexibility index (Phi) is 3.42. The molecule has 0 N–H and O–H groups in total. The van der Waals surface area contributed by atoms with Gasteiger partial charge in [-0.05, 0) is 5.92 Å². The van der Waals surface area contributed by atoms with Crippen molar-refractivity contribution in [1.82, 2.24) is 4.90 Å². The van der Waals surface area contributed by atoms with Crippen LogP contribution in [0.2, 0.25) is 0 Å². The minimum atomic E-state index is 0.512. The molecule has 2 unspecified atom stereocenters. The summed E-state index contributed by atoms with van der Waals surface area (Å²) >= 11 is 0. The maximum absolute atomic E-state index is 5.27. The molecule has 0 aromatic carbocycles. The summed E-state index contributed by atoms with van der Waals surface area (Å²) in [5, 5.41) is 0. The Bertz CT molecular complexity index is 164. The SMILES string of the molecule is CC[C@@H](C)CN(CC1CO1)CC1CO1. The fourth-order valence-electron chi connectivity index (χ4n) is 1.72. The highest BCUT2D eigenvalue weighted by atomic mass is 16.6. The summed E-state index contributed by atoms with van der Waals surface area (Å²) in [5.41, 5.74) is 0. The average Bonchev–Trinajstić information content (AvgIpc) is 2.99. The fraction of sp³-hybridized carbons (Fsp3) is 1.00. The second-order valence-corrected chi connectivity index (χ2v) is 4.64. The lowest BCUT2D eigenvalue weighted by Gasteiger charge is -2.23. The molecule has 0 amide bonds. The molecule has 0 radical (unpaired) electrons. The number of ether oxygens (including phenoxy) is 2.